The van der Waals surface area contributed by atoms with E-state index in [1.54, 1.807) is 13.8 Å². The lowest BCUT2D eigenvalue weighted by molar-refractivity contribution is -0.161. The summed E-state index contributed by atoms with van der Waals surface area (Å²) >= 11 is 0. The van der Waals surface area contributed by atoms with Crippen molar-refractivity contribution in [1.29, 1.82) is 0 Å². The van der Waals surface area contributed by atoms with Gasteiger partial charge in [0.15, 0.2) is 0 Å². The highest BCUT2D eigenvalue weighted by Gasteiger charge is 2.53. The van der Waals surface area contributed by atoms with Gasteiger partial charge in [0.2, 0.25) is 0 Å². The minimum atomic E-state index is -0.495. The second-order valence-electron chi connectivity index (χ2n) is 6.03. The number of fused-ring (bicyclic) bond motifs is 1. The molecule has 1 saturated heterocycles. The summed E-state index contributed by atoms with van der Waals surface area (Å²) in [7, 11) is 0. The van der Waals surface area contributed by atoms with Crippen LogP contribution in [0.3, 0.4) is 0 Å². The molecular formula is C16H22O5. The smallest absolute Gasteiger partial charge is 0.310 e. The maximum atomic E-state index is 12.2. The average Bonchev–Trinajstić information content (AvgIpc) is 3.18. The molecule has 2 fully saturated rings. The molecule has 0 spiro atoms. The van der Waals surface area contributed by atoms with Crippen LogP contribution in [0.15, 0.2) is 24.3 Å². The highest BCUT2D eigenvalue weighted by molar-refractivity contribution is 5.82. The monoisotopic (exact) mass is 294 g/mol. The van der Waals surface area contributed by atoms with Gasteiger partial charge in [0.25, 0.3) is 0 Å². The van der Waals surface area contributed by atoms with Crippen molar-refractivity contribution >= 4 is 11.9 Å². The summed E-state index contributed by atoms with van der Waals surface area (Å²) < 4.78 is 15.8. The van der Waals surface area contributed by atoms with Crippen LogP contribution in [0, 0.1) is 11.8 Å². The SMILES string of the molecule is C=C(C)COC(=O)[C@H]1C[C@@H]2O[C@H]2C[C@H]1C(=O)OCC(=C)C. The van der Waals surface area contributed by atoms with Gasteiger partial charge in [0, 0.05) is 0 Å². The van der Waals surface area contributed by atoms with Crippen molar-refractivity contribution in [3.63, 3.8) is 0 Å². The van der Waals surface area contributed by atoms with Crippen molar-refractivity contribution in [2.75, 3.05) is 13.2 Å². The van der Waals surface area contributed by atoms with Gasteiger partial charge in [-0.2, -0.15) is 0 Å². The minimum Gasteiger partial charge on any atom is -0.461 e. The highest BCUT2D eigenvalue weighted by Crippen LogP contribution is 2.43. The van der Waals surface area contributed by atoms with E-state index in [1.165, 1.54) is 0 Å². The number of rotatable bonds is 6. The molecule has 5 heteroatoms. The molecule has 5 nitrogen and oxygen atoms in total. The van der Waals surface area contributed by atoms with E-state index in [0.717, 1.165) is 11.1 Å². The van der Waals surface area contributed by atoms with E-state index in [-0.39, 0.29) is 37.4 Å². The number of hydrogen-bond donors (Lipinski definition) is 0. The Morgan fingerprint density at radius 3 is 1.67 bits per heavy atom. The third kappa shape index (κ3) is 4.17. The molecule has 0 radical (unpaired) electrons. The van der Waals surface area contributed by atoms with E-state index in [0.29, 0.717) is 12.8 Å². The molecule has 1 heterocycles. The third-order valence-electron chi connectivity index (χ3n) is 3.67. The van der Waals surface area contributed by atoms with Crippen LogP contribution in [0.2, 0.25) is 0 Å². The molecule has 2 aliphatic rings. The van der Waals surface area contributed by atoms with Crippen LogP contribution < -0.4 is 0 Å². The zero-order valence-electron chi connectivity index (χ0n) is 12.6. The quantitative estimate of drug-likeness (QED) is 0.426. The Labute approximate surface area is 124 Å². The molecule has 0 aromatic heterocycles. The van der Waals surface area contributed by atoms with E-state index >= 15 is 0 Å². The molecule has 21 heavy (non-hydrogen) atoms. The van der Waals surface area contributed by atoms with Gasteiger partial charge in [-0.15, -0.1) is 0 Å². The number of carbonyl (C=O) groups is 2. The van der Waals surface area contributed by atoms with Crippen molar-refractivity contribution in [3.05, 3.63) is 24.3 Å². The fraction of sp³-hybridized carbons (Fsp3) is 0.625. The molecule has 0 N–H and O–H groups in total. The zero-order chi connectivity index (χ0) is 15.6. The zero-order valence-corrected chi connectivity index (χ0v) is 12.6. The van der Waals surface area contributed by atoms with Gasteiger partial charge < -0.3 is 14.2 Å². The molecule has 0 aromatic carbocycles. The Morgan fingerprint density at radius 1 is 0.952 bits per heavy atom. The van der Waals surface area contributed by atoms with Crippen LogP contribution in [-0.2, 0) is 23.8 Å². The summed E-state index contributed by atoms with van der Waals surface area (Å²) in [6.07, 6.45) is 1.20. The summed E-state index contributed by atoms with van der Waals surface area (Å²) in [5.41, 5.74) is 1.53. The van der Waals surface area contributed by atoms with Gasteiger partial charge in [-0.1, -0.05) is 13.2 Å². The van der Waals surface area contributed by atoms with E-state index in [4.69, 9.17) is 14.2 Å². The largest absolute Gasteiger partial charge is 0.461 e. The van der Waals surface area contributed by atoms with Crippen molar-refractivity contribution in [3.8, 4) is 0 Å². The number of esters is 2. The van der Waals surface area contributed by atoms with E-state index < -0.39 is 11.8 Å². The molecule has 116 valence electrons. The summed E-state index contributed by atoms with van der Waals surface area (Å²) in [5.74, 6) is -1.73. The molecule has 4 atom stereocenters. The number of epoxide rings is 1. The molecule has 0 bridgehead atoms. The Bertz CT molecular complexity index is 425. The topological polar surface area (TPSA) is 65.1 Å². The second-order valence-corrected chi connectivity index (χ2v) is 6.03. The first kappa shape index (κ1) is 15.8. The van der Waals surface area contributed by atoms with Gasteiger partial charge in [-0.25, -0.2) is 0 Å². The Hall–Kier alpha value is -1.62. The lowest BCUT2D eigenvalue weighted by atomic mass is 9.79. The molecule has 1 saturated carbocycles. The second kappa shape index (κ2) is 6.43. The number of hydrogen-bond acceptors (Lipinski definition) is 5. The van der Waals surface area contributed by atoms with Crippen molar-refractivity contribution in [2.45, 2.75) is 38.9 Å². The van der Waals surface area contributed by atoms with Crippen LogP contribution in [-0.4, -0.2) is 37.4 Å². The van der Waals surface area contributed by atoms with Gasteiger partial charge in [-0.3, -0.25) is 9.59 Å². The van der Waals surface area contributed by atoms with Gasteiger partial charge in [0.05, 0.1) is 24.0 Å². The van der Waals surface area contributed by atoms with Crippen LogP contribution in [0.5, 0.6) is 0 Å². The summed E-state index contributed by atoms with van der Waals surface area (Å²) in [4.78, 5) is 24.4. The van der Waals surface area contributed by atoms with E-state index in [9.17, 15) is 9.59 Å². The van der Waals surface area contributed by atoms with Crippen molar-refractivity contribution in [2.24, 2.45) is 11.8 Å². The van der Waals surface area contributed by atoms with E-state index in [2.05, 4.69) is 13.2 Å². The molecule has 1 aliphatic carbocycles. The standard InChI is InChI=1S/C16H22O5/c1-9(2)7-19-15(17)11-5-13-14(21-13)6-12(11)16(18)20-8-10(3)4/h11-14H,1,3,5-8H2,2,4H3/t11-,12+,13-,14-/m0/s1. The van der Waals surface area contributed by atoms with E-state index in [1.807, 2.05) is 0 Å². The maximum Gasteiger partial charge on any atom is 0.310 e. The summed E-state index contributed by atoms with van der Waals surface area (Å²) in [5, 5.41) is 0. The Morgan fingerprint density at radius 2 is 1.33 bits per heavy atom. The lowest BCUT2D eigenvalue weighted by Crippen LogP contribution is -2.38. The first-order valence-electron chi connectivity index (χ1n) is 7.16. The lowest BCUT2D eigenvalue weighted by Gasteiger charge is -2.26. The predicted octanol–water partition coefficient (Wildman–Crippen LogP) is 2.02. The van der Waals surface area contributed by atoms with Crippen LogP contribution in [0.4, 0.5) is 0 Å². The van der Waals surface area contributed by atoms with Crippen LogP contribution >= 0.6 is 0 Å². The third-order valence-corrected chi connectivity index (χ3v) is 3.67. The molecule has 0 unspecified atom stereocenters. The number of carbonyl (C=O) groups excluding carboxylic acids is 2. The Balaban J connectivity index is 1.97. The maximum absolute atomic E-state index is 12.2. The minimum absolute atomic E-state index is 0.0811. The first-order chi connectivity index (χ1) is 9.88. The first-order valence-corrected chi connectivity index (χ1v) is 7.16. The normalized spacial score (nSPS) is 30.0. The Kier molecular flexibility index (Phi) is 4.83. The summed E-state index contributed by atoms with van der Waals surface area (Å²) in [6, 6.07) is 0. The molecule has 0 amide bonds. The van der Waals surface area contributed by atoms with Gasteiger partial charge in [0.1, 0.15) is 13.2 Å². The predicted molar refractivity (Wildman–Crippen MR) is 76.4 cm³/mol. The van der Waals surface area contributed by atoms with Gasteiger partial charge >= 0.3 is 11.9 Å². The van der Waals surface area contributed by atoms with Crippen molar-refractivity contribution in [1.82, 2.24) is 0 Å². The molecular weight excluding hydrogens is 272 g/mol. The fourth-order valence-electron chi connectivity index (χ4n) is 2.55. The average molecular weight is 294 g/mol. The molecule has 2 rings (SSSR count). The van der Waals surface area contributed by atoms with Crippen molar-refractivity contribution < 1.29 is 23.8 Å². The van der Waals surface area contributed by atoms with Crippen LogP contribution in [0.1, 0.15) is 26.7 Å². The molecule has 1 aliphatic heterocycles. The van der Waals surface area contributed by atoms with Crippen LogP contribution in [0.25, 0.3) is 0 Å². The fourth-order valence-corrected chi connectivity index (χ4v) is 2.55. The van der Waals surface area contributed by atoms with Gasteiger partial charge in [-0.05, 0) is 37.8 Å². The molecule has 0 aromatic rings. The number of ether oxygens (including phenoxy) is 3. The summed E-state index contributed by atoms with van der Waals surface area (Å²) in [6.45, 7) is 11.3. The highest BCUT2D eigenvalue weighted by atomic mass is 16.6.